The van der Waals surface area contributed by atoms with Crippen LogP contribution in [0.5, 0.6) is 11.5 Å². The third-order valence-electron chi connectivity index (χ3n) is 4.59. The number of nitrogens with zero attached hydrogens (tertiary/aromatic N) is 3. The smallest absolute Gasteiger partial charge is 0.288 e. The lowest BCUT2D eigenvalue weighted by Crippen LogP contribution is -2.32. The van der Waals surface area contributed by atoms with Gasteiger partial charge in [0.25, 0.3) is 11.3 Å². The number of hydrogen-bond acceptors (Lipinski definition) is 3. The molecule has 5 rings (SSSR count). The molecule has 1 aliphatic rings. The van der Waals surface area contributed by atoms with E-state index in [1.807, 2.05) is 24.0 Å². The first-order chi connectivity index (χ1) is 11.7. The fourth-order valence-corrected chi connectivity index (χ4v) is 4.37. The highest BCUT2D eigenvalue weighted by molar-refractivity contribution is 7.23. The Kier molecular flexibility index (Phi) is 2.54. The molecule has 0 saturated carbocycles. The van der Waals surface area contributed by atoms with Gasteiger partial charge in [-0.2, -0.15) is 0 Å². The summed E-state index contributed by atoms with van der Waals surface area (Å²) < 4.78 is 8.22. The van der Waals surface area contributed by atoms with E-state index in [2.05, 4.69) is 41.0 Å². The molecular formula is C19H12N3OS+. The second-order valence-corrected chi connectivity index (χ2v) is 6.91. The van der Waals surface area contributed by atoms with Crippen molar-refractivity contribution in [3.05, 3.63) is 53.6 Å². The molecule has 0 saturated heterocycles. The van der Waals surface area contributed by atoms with Gasteiger partial charge in [-0.15, -0.1) is 11.3 Å². The van der Waals surface area contributed by atoms with Gasteiger partial charge in [0, 0.05) is 0 Å². The van der Waals surface area contributed by atoms with Crippen molar-refractivity contribution in [3.63, 3.8) is 0 Å². The number of fused-ring (bicyclic) bond motifs is 3. The van der Waals surface area contributed by atoms with Crippen LogP contribution in [-0.2, 0) is 7.05 Å². The number of rotatable bonds is 0. The van der Waals surface area contributed by atoms with Crippen molar-refractivity contribution in [1.82, 2.24) is 4.98 Å². The van der Waals surface area contributed by atoms with Gasteiger partial charge in [-0.05, 0) is 34.3 Å². The summed E-state index contributed by atoms with van der Waals surface area (Å²) in [6.45, 7) is 9.58. The second-order valence-electron chi connectivity index (χ2n) is 5.93. The summed E-state index contributed by atoms with van der Waals surface area (Å²) in [5, 5.41) is 3.86. The van der Waals surface area contributed by atoms with Crippen molar-refractivity contribution >= 4 is 37.3 Å². The molecular weight excluding hydrogens is 318 g/mol. The van der Waals surface area contributed by atoms with E-state index in [4.69, 9.17) is 11.3 Å². The summed E-state index contributed by atoms with van der Waals surface area (Å²) in [5.41, 5.74) is 3.35. The number of ether oxygens (including phenoxy) is 1. The van der Waals surface area contributed by atoms with Gasteiger partial charge >= 0.3 is 0 Å². The van der Waals surface area contributed by atoms with Crippen LogP contribution in [0.1, 0.15) is 5.56 Å². The van der Waals surface area contributed by atoms with E-state index in [0.717, 1.165) is 32.6 Å². The molecule has 4 aromatic rings. The summed E-state index contributed by atoms with van der Waals surface area (Å²) in [6, 6.07) is 10.4. The summed E-state index contributed by atoms with van der Waals surface area (Å²) in [4.78, 5) is 8.96. The van der Waals surface area contributed by atoms with Gasteiger partial charge in [0.05, 0.1) is 19.2 Å². The van der Waals surface area contributed by atoms with Crippen molar-refractivity contribution in [3.8, 4) is 22.8 Å². The Bertz CT molecular complexity index is 1220. The zero-order valence-corrected chi connectivity index (χ0v) is 13.9. The standard InChI is InChI=1S/C19H12N3OS/c1-10-12-7-5-4-6-11(12)8-13-14(10)16-15-17(23-13)19(20-2)24-18(15)21-9-22(16)3/h4-9H,1,3H3/q+1. The zero-order chi connectivity index (χ0) is 16.4. The number of hydrogen-bond donors (Lipinski definition) is 0. The highest BCUT2D eigenvalue weighted by Crippen LogP contribution is 2.54. The first-order valence-corrected chi connectivity index (χ1v) is 8.40. The number of aryl methyl sites for hydroxylation is 2. The highest BCUT2D eigenvalue weighted by atomic mass is 32.1. The molecule has 24 heavy (non-hydrogen) atoms. The lowest BCUT2D eigenvalue weighted by molar-refractivity contribution is -0.662. The minimum atomic E-state index is 0.557. The number of benzene rings is 2. The Labute approximate surface area is 142 Å². The van der Waals surface area contributed by atoms with Gasteiger partial charge in [0.15, 0.2) is 11.4 Å². The Morgan fingerprint density at radius 3 is 2.96 bits per heavy atom. The molecule has 0 atom stereocenters. The highest BCUT2D eigenvalue weighted by Gasteiger charge is 2.33. The molecule has 3 heterocycles. The van der Waals surface area contributed by atoms with Crippen LogP contribution in [0.3, 0.4) is 0 Å². The topological polar surface area (TPSA) is 30.4 Å². The molecule has 2 aromatic heterocycles. The van der Waals surface area contributed by atoms with Crippen LogP contribution in [0.2, 0.25) is 0 Å². The maximum atomic E-state index is 7.45. The van der Waals surface area contributed by atoms with Crippen LogP contribution in [0.4, 0.5) is 5.00 Å². The van der Waals surface area contributed by atoms with E-state index in [1.165, 1.54) is 22.3 Å². The Morgan fingerprint density at radius 1 is 1.29 bits per heavy atom. The monoisotopic (exact) mass is 330 g/mol. The maximum Gasteiger partial charge on any atom is 0.288 e. The molecule has 0 unspecified atom stereocenters. The molecule has 114 valence electrons. The predicted octanol–water partition coefficient (Wildman–Crippen LogP) is 4.91. The van der Waals surface area contributed by atoms with Crippen LogP contribution in [0, 0.1) is 13.5 Å². The largest absolute Gasteiger partial charge is 0.466 e. The normalized spacial score (nSPS) is 12.0. The van der Waals surface area contributed by atoms with Crippen molar-refractivity contribution in [2.75, 3.05) is 0 Å². The quantitative estimate of drug-likeness (QED) is 0.298. The van der Waals surface area contributed by atoms with Crippen molar-refractivity contribution in [2.45, 2.75) is 6.92 Å². The fraction of sp³-hybridized carbons (Fsp3) is 0.105. The van der Waals surface area contributed by atoms with Crippen molar-refractivity contribution in [2.24, 2.45) is 7.05 Å². The van der Waals surface area contributed by atoms with Gasteiger partial charge in [0.2, 0.25) is 4.83 Å². The zero-order valence-electron chi connectivity index (χ0n) is 13.1. The van der Waals surface area contributed by atoms with Crippen LogP contribution in [0.15, 0.2) is 36.7 Å². The summed E-state index contributed by atoms with van der Waals surface area (Å²) >= 11 is 1.39. The van der Waals surface area contributed by atoms with Gasteiger partial charge in [-0.25, -0.2) is 9.41 Å². The Morgan fingerprint density at radius 2 is 2.12 bits per heavy atom. The van der Waals surface area contributed by atoms with E-state index < -0.39 is 0 Å². The van der Waals surface area contributed by atoms with E-state index >= 15 is 0 Å². The molecule has 4 nitrogen and oxygen atoms in total. The minimum Gasteiger partial charge on any atom is -0.466 e. The maximum absolute atomic E-state index is 7.45. The van der Waals surface area contributed by atoms with E-state index in [9.17, 15) is 0 Å². The molecule has 0 amide bonds. The lowest BCUT2D eigenvalue weighted by Gasteiger charge is -2.20. The molecule has 0 N–H and O–H groups in total. The van der Waals surface area contributed by atoms with Gasteiger partial charge in [-0.1, -0.05) is 24.3 Å². The van der Waals surface area contributed by atoms with Gasteiger partial charge < -0.3 is 4.74 Å². The molecule has 0 fully saturated rings. The first-order valence-electron chi connectivity index (χ1n) is 7.58. The summed E-state index contributed by atoms with van der Waals surface area (Å²) in [7, 11) is 1.99. The molecule has 0 bridgehead atoms. The molecule has 1 aliphatic heterocycles. The third kappa shape index (κ3) is 1.56. The summed E-state index contributed by atoms with van der Waals surface area (Å²) in [6.07, 6.45) is 1.81. The second kappa shape index (κ2) is 4.53. The van der Waals surface area contributed by atoms with Gasteiger partial charge in [-0.3, -0.25) is 0 Å². The lowest BCUT2D eigenvalue weighted by atomic mass is 9.94. The molecule has 0 aliphatic carbocycles. The molecule has 2 aromatic carbocycles. The van der Waals surface area contributed by atoms with E-state index in [0.29, 0.717) is 10.8 Å². The third-order valence-corrected chi connectivity index (χ3v) is 5.56. The average molecular weight is 330 g/mol. The van der Waals surface area contributed by atoms with Crippen LogP contribution < -0.4 is 9.30 Å². The molecule has 5 heteroatoms. The SMILES string of the molecule is [C-]#[N+]c1sc2nc[n+](C)c3c2c1Oc1cc2ccccc2c(C)c1-3. The first kappa shape index (κ1) is 13.5. The Balaban J connectivity index is 2.02. The van der Waals surface area contributed by atoms with Crippen LogP contribution in [0.25, 0.3) is 37.1 Å². The number of thiophene rings is 1. The van der Waals surface area contributed by atoms with Gasteiger partial charge in [0.1, 0.15) is 11.1 Å². The van der Waals surface area contributed by atoms with Crippen molar-refractivity contribution in [1.29, 1.82) is 0 Å². The summed E-state index contributed by atoms with van der Waals surface area (Å²) in [5.74, 6) is 1.45. The molecule has 0 spiro atoms. The van der Waals surface area contributed by atoms with Crippen LogP contribution in [-0.4, -0.2) is 4.98 Å². The van der Waals surface area contributed by atoms with Crippen molar-refractivity contribution < 1.29 is 9.30 Å². The fourth-order valence-electron chi connectivity index (χ4n) is 3.52. The Hall–Kier alpha value is -2.97. The predicted molar refractivity (Wildman–Crippen MR) is 94.8 cm³/mol. The number of aromatic nitrogens is 2. The van der Waals surface area contributed by atoms with E-state index in [1.54, 1.807) is 0 Å². The molecule has 0 radical (unpaired) electrons. The average Bonchev–Trinajstić information content (AvgIpc) is 2.96. The van der Waals surface area contributed by atoms with Crippen LogP contribution >= 0.6 is 11.3 Å². The minimum absolute atomic E-state index is 0.557. The van der Waals surface area contributed by atoms with E-state index in [-0.39, 0.29) is 0 Å².